The highest BCUT2D eigenvalue weighted by molar-refractivity contribution is 9.09. The maximum Gasteiger partial charge on any atom is 0.231 e. The summed E-state index contributed by atoms with van der Waals surface area (Å²) < 4.78 is 0. The smallest absolute Gasteiger partial charge is 0.231 e. The number of hydrogen-bond acceptors (Lipinski definition) is 1. The third-order valence-corrected chi connectivity index (χ3v) is 3.36. The number of alkyl halides is 1. The standard InChI is InChI=1S/C14H20BrNO/c1-4-11-5-7-12(8-6-11)14(10(2)3)16-13(17)9-15/h5-8,10,14H,4,9H2,1-3H3,(H,16,17). The highest BCUT2D eigenvalue weighted by atomic mass is 79.9. The second-order valence-electron chi connectivity index (χ2n) is 4.52. The summed E-state index contributed by atoms with van der Waals surface area (Å²) in [5.41, 5.74) is 2.49. The zero-order chi connectivity index (χ0) is 12.8. The Hall–Kier alpha value is -0.830. The van der Waals surface area contributed by atoms with E-state index in [1.54, 1.807) is 0 Å². The molecule has 0 spiro atoms. The van der Waals surface area contributed by atoms with Crippen LogP contribution in [0.15, 0.2) is 24.3 Å². The third kappa shape index (κ3) is 4.15. The van der Waals surface area contributed by atoms with E-state index in [2.05, 4.69) is 66.3 Å². The van der Waals surface area contributed by atoms with Gasteiger partial charge in [-0.05, 0) is 23.5 Å². The maximum absolute atomic E-state index is 11.5. The van der Waals surface area contributed by atoms with Crippen LogP contribution in [-0.4, -0.2) is 11.2 Å². The molecule has 3 heteroatoms. The van der Waals surface area contributed by atoms with Crippen LogP contribution in [0.25, 0.3) is 0 Å². The minimum absolute atomic E-state index is 0.0308. The Labute approximate surface area is 112 Å². The van der Waals surface area contributed by atoms with Gasteiger partial charge in [0.15, 0.2) is 0 Å². The predicted molar refractivity (Wildman–Crippen MR) is 75.3 cm³/mol. The first-order chi connectivity index (χ1) is 8.08. The molecule has 1 aromatic carbocycles. The van der Waals surface area contributed by atoms with E-state index in [0.717, 1.165) is 6.42 Å². The topological polar surface area (TPSA) is 29.1 Å². The Bertz CT molecular complexity index is 359. The summed E-state index contributed by atoms with van der Waals surface area (Å²) in [6, 6.07) is 8.57. The molecule has 17 heavy (non-hydrogen) atoms. The van der Waals surface area contributed by atoms with E-state index in [1.807, 2.05) is 0 Å². The van der Waals surface area contributed by atoms with Crippen molar-refractivity contribution in [3.8, 4) is 0 Å². The molecule has 0 heterocycles. The van der Waals surface area contributed by atoms with Crippen molar-refractivity contribution in [1.82, 2.24) is 5.32 Å². The molecular formula is C14H20BrNO. The van der Waals surface area contributed by atoms with Crippen LogP contribution in [0.4, 0.5) is 0 Å². The molecule has 0 aliphatic heterocycles. The van der Waals surface area contributed by atoms with Gasteiger partial charge in [-0.25, -0.2) is 0 Å². The van der Waals surface area contributed by atoms with E-state index in [1.165, 1.54) is 11.1 Å². The second kappa shape index (κ2) is 6.80. The number of hydrogen-bond donors (Lipinski definition) is 1. The minimum atomic E-state index is 0.0308. The third-order valence-electron chi connectivity index (χ3n) is 2.85. The molecule has 2 nitrogen and oxygen atoms in total. The van der Waals surface area contributed by atoms with Crippen LogP contribution in [0, 0.1) is 5.92 Å². The first-order valence-electron chi connectivity index (χ1n) is 6.02. The summed E-state index contributed by atoms with van der Waals surface area (Å²) in [6.45, 7) is 6.38. The zero-order valence-electron chi connectivity index (χ0n) is 10.7. The van der Waals surface area contributed by atoms with Gasteiger partial charge >= 0.3 is 0 Å². The lowest BCUT2D eigenvalue weighted by Crippen LogP contribution is -2.32. The summed E-state index contributed by atoms with van der Waals surface area (Å²) >= 11 is 3.18. The molecule has 0 bridgehead atoms. The highest BCUT2D eigenvalue weighted by Gasteiger charge is 2.17. The van der Waals surface area contributed by atoms with Crippen molar-refractivity contribution in [2.45, 2.75) is 33.2 Å². The highest BCUT2D eigenvalue weighted by Crippen LogP contribution is 2.22. The predicted octanol–water partition coefficient (Wildman–Crippen LogP) is 3.46. The molecule has 0 fully saturated rings. The van der Waals surface area contributed by atoms with Crippen molar-refractivity contribution in [2.24, 2.45) is 5.92 Å². The second-order valence-corrected chi connectivity index (χ2v) is 5.08. The molecule has 1 rings (SSSR count). The molecule has 0 saturated heterocycles. The molecule has 94 valence electrons. The molecule has 0 aliphatic carbocycles. The Morgan fingerprint density at radius 3 is 2.29 bits per heavy atom. The molecule has 1 N–H and O–H groups in total. The molecule has 1 amide bonds. The van der Waals surface area contributed by atoms with Gasteiger partial charge in [0.1, 0.15) is 0 Å². The summed E-state index contributed by atoms with van der Waals surface area (Å²) in [5, 5.41) is 3.38. The van der Waals surface area contributed by atoms with Crippen LogP contribution in [0.5, 0.6) is 0 Å². The summed E-state index contributed by atoms with van der Waals surface area (Å²) in [6.07, 6.45) is 1.04. The van der Waals surface area contributed by atoms with E-state index >= 15 is 0 Å². The number of carbonyl (C=O) groups excluding carboxylic acids is 1. The lowest BCUT2D eigenvalue weighted by Gasteiger charge is -2.22. The van der Waals surface area contributed by atoms with E-state index in [9.17, 15) is 4.79 Å². The fourth-order valence-electron chi connectivity index (χ4n) is 1.81. The van der Waals surface area contributed by atoms with E-state index in [4.69, 9.17) is 0 Å². The van der Waals surface area contributed by atoms with E-state index in [-0.39, 0.29) is 11.9 Å². The van der Waals surface area contributed by atoms with Crippen LogP contribution in [0.1, 0.15) is 37.9 Å². The van der Waals surface area contributed by atoms with Crippen LogP contribution >= 0.6 is 15.9 Å². The van der Waals surface area contributed by atoms with Gasteiger partial charge in [-0.3, -0.25) is 4.79 Å². The van der Waals surface area contributed by atoms with Gasteiger partial charge in [0.05, 0.1) is 11.4 Å². The van der Waals surface area contributed by atoms with Gasteiger partial charge in [0.25, 0.3) is 0 Å². The van der Waals surface area contributed by atoms with Crippen LogP contribution in [0.2, 0.25) is 0 Å². The number of halogens is 1. The van der Waals surface area contributed by atoms with Crippen molar-refractivity contribution in [1.29, 1.82) is 0 Å². The summed E-state index contributed by atoms with van der Waals surface area (Å²) in [5.74, 6) is 0.411. The van der Waals surface area contributed by atoms with Crippen molar-refractivity contribution in [3.63, 3.8) is 0 Å². The van der Waals surface area contributed by atoms with Crippen molar-refractivity contribution >= 4 is 21.8 Å². The average molecular weight is 298 g/mol. The number of benzene rings is 1. The van der Waals surface area contributed by atoms with Gasteiger partial charge < -0.3 is 5.32 Å². The molecule has 0 saturated carbocycles. The average Bonchev–Trinajstić information content (AvgIpc) is 2.35. The molecule has 0 radical (unpaired) electrons. The van der Waals surface area contributed by atoms with Gasteiger partial charge in [-0.2, -0.15) is 0 Å². The molecule has 1 aromatic rings. The summed E-state index contributed by atoms with van der Waals surface area (Å²) in [7, 11) is 0. The van der Waals surface area contributed by atoms with Crippen LogP contribution in [-0.2, 0) is 11.2 Å². The van der Waals surface area contributed by atoms with Crippen LogP contribution in [0.3, 0.4) is 0 Å². The number of rotatable bonds is 5. The lowest BCUT2D eigenvalue weighted by molar-refractivity contribution is -0.119. The van der Waals surface area contributed by atoms with Crippen molar-refractivity contribution < 1.29 is 4.79 Å². The molecule has 1 unspecified atom stereocenters. The van der Waals surface area contributed by atoms with E-state index < -0.39 is 0 Å². The van der Waals surface area contributed by atoms with Gasteiger partial charge in [-0.1, -0.05) is 61.0 Å². The first kappa shape index (κ1) is 14.2. The molecular weight excluding hydrogens is 278 g/mol. The Morgan fingerprint density at radius 1 is 1.29 bits per heavy atom. The Balaban J connectivity index is 2.85. The van der Waals surface area contributed by atoms with E-state index in [0.29, 0.717) is 11.2 Å². The van der Waals surface area contributed by atoms with Gasteiger partial charge in [-0.15, -0.1) is 0 Å². The van der Waals surface area contributed by atoms with Crippen molar-refractivity contribution in [2.75, 3.05) is 5.33 Å². The van der Waals surface area contributed by atoms with Gasteiger partial charge in [0, 0.05) is 0 Å². The van der Waals surface area contributed by atoms with Crippen molar-refractivity contribution in [3.05, 3.63) is 35.4 Å². The molecule has 0 aliphatic rings. The molecule has 0 aromatic heterocycles. The normalized spacial score (nSPS) is 12.5. The minimum Gasteiger partial charge on any atom is -0.348 e. The fraction of sp³-hybridized carbons (Fsp3) is 0.500. The molecule has 1 atom stereocenters. The number of aryl methyl sites for hydroxylation is 1. The fourth-order valence-corrected chi connectivity index (χ4v) is 1.97. The lowest BCUT2D eigenvalue weighted by atomic mass is 9.95. The van der Waals surface area contributed by atoms with Crippen LogP contribution < -0.4 is 5.32 Å². The maximum atomic E-state index is 11.5. The monoisotopic (exact) mass is 297 g/mol. The number of nitrogens with one attached hydrogen (secondary N) is 1. The Kier molecular flexibility index (Phi) is 5.69. The van der Waals surface area contributed by atoms with Gasteiger partial charge in [0.2, 0.25) is 5.91 Å². The SMILES string of the molecule is CCc1ccc(C(NC(=O)CBr)C(C)C)cc1. The zero-order valence-corrected chi connectivity index (χ0v) is 12.3. The Morgan fingerprint density at radius 2 is 1.88 bits per heavy atom. The largest absolute Gasteiger partial charge is 0.348 e. The quantitative estimate of drug-likeness (QED) is 0.829. The first-order valence-corrected chi connectivity index (χ1v) is 7.14. The number of amides is 1. The number of carbonyl (C=O) groups is 1. The summed E-state index contributed by atoms with van der Waals surface area (Å²) in [4.78, 5) is 11.5.